The number of hydrogen-bond donors (Lipinski definition) is 1. The Hall–Kier alpha value is -1.62. The van der Waals surface area contributed by atoms with Gasteiger partial charge in [-0.2, -0.15) is 0 Å². The molecule has 0 unspecified atom stereocenters. The van der Waals surface area contributed by atoms with Gasteiger partial charge in [-0.25, -0.2) is 0 Å². The Morgan fingerprint density at radius 3 is 2.17 bits per heavy atom. The van der Waals surface area contributed by atoms with Crippen molar-refractivity contribution in [2.45, 2.75) is 40.5 Å². The normalized spacial score (nSPS) is 8.87. The number of benzene rings is 1. The van der Waals surface area contributed by atoms with Crippen molar-refractivity contribution < 1.29 is 14.1 Å². The van der Waals surface area contributed by atoms with Gasteiger partial charge in [0.25, 0.3) is 0 Å². The number of hydrogen-bond acceptors (Lipinski definition) is 2. The van der Waals surface area contributed by atoms with Crippen LogP contribution in [0.1, 0.15) is 39.7 Å². The maximum atomic E-state index is 5.27. The summed E-state index contributed by atoms with van der Waals surface area (Å²) in [7, 11) is 5.93. The van der Waals surface area contributed by atoms with E-state index in [1.807, 2.05) is 33.8 Å². The molecule has 1 heterocycles. The van der Waals surface area contributed by atoms with E-state index in [1.54, 1.807) is 7.11 Å². The number of aryl methyl sites for hydroxylation is 1. The molecule has 2 aromatic rings. The number of H-pyrrole nitrogens is 1. The number of fused-ring (bicyclic) bond motifs is 1. The maximum Gasteiger partial charge on any atom is 0.119 e. The predicted molar refractivity (Wildman–Crippen MR) is 99.4 cm³/mol. The molecule has 0 bridgehead atoms. The molecule has 0 saturated carbocycles. The summed E-state index contributed by atoms with van der Waals surface area (Å²) in [4.78, 5) is 5.53. The van der Waals surface area contributed by atoms with Crippen LogP contribution in [0.2, 0.25) is 0 Å². The Bertz CT molecular complexity index is 499. The van der Waals surface area contributed by atoms with Gasteiger partial charge in [-0.05, 0) is 57.2 Å². The quantitative estimate of drug-likeness (QED) is 0.832. The lowest BCUT2D eigenvalue weighted by Gasteiger charge is -2.08. The SMILES string of the molecule is CC.CC.COc1ccc2[nH]cc(CCCN(C)C)c2c1.F.F. The summed E-state index contributed by atoms with van der Waals surface area (Å²) >= 11 is 0. The number of nitrogens with one attached hydrogen (secondary N) is 1. The molecule has 1 aromatic heterocycles. The first-order valence-corrected chi connectivity index (χ1v) is 7.99. The Morgan fingerprint density at radius 1 is 1.04 bits per heavy atom. The van der Waals surface area contributed by atoms with Crippen molar-refractivity contribution in [3.63, 3.8) is 0 Å². The van der Waals surface area contributed by atoms with Crippen molar-refractivity contribution in [1.82, 2.24) is 9.88 Å². The van der Waals surface area contributed by atoms with E-state index in [1.165, 1.54) is 22.9 Å². The van der Waals surface area contributed by atoms with Crippen molar-refractivity contribution in [1.29, 1.82) is 0 Å². The van der Waals surface area contributed by atoms with Gasteiger partial charge >= 0.3 is 0 Å². The fraction of sp³-hybridized carbons (Fsp3) is 0.556. The molecule has 136 valence electrons. The van der Waals surface area contributed by atoms with Gasteiger partial charge in [0.05, 0.1) is 7.11 Å². The van der Waals surface area contributed by atoms with Crippen molar-refractivity contribution in [3.8, 4) is 5.75 Å². The Balaban J connectivity index is -0.000000619. The summed E-state index contributed by atoms with van der Waals surface area (Å²) in [5.74, 6) is 0.922. The first kappa shape index (κ1) is 26.3. The van der Waals surface area contributed by atoms with E-state index in [0.29, 0.717) is 0 Å². The lowest BCUT2D eigenvalue weighted by Crippen LogP contribution is -2.13. The monoisotopic (exact) mass is 332 g/mol. The molecule has 0 spiro atoms. The highest BCUT2D eigenvalue weighted by Gasteiger charge is 2.05. The molecule has 0 aliphatic carbocycles. The Morgan fingerprint density at radius 2 is 1.65 bits per heavy atom. The van der Waals surface area contributed by atoms with Crippen LogP contribution in [0.4, 0.5) is 9.41 Å². The molecular formula is C18H34F2N2O. The zero-order chi connectivity index (χ0) is 16.3. The number of aromatic nitrogens is 1. The summed E-state index contributed by atoms with van der Waals surface area (Å²) in [5.41, 5.74) is 2.56. The Kier molecular flexibility index (Phi) is 17.5. The Labute approximate surface area is 139 Å². The second-order valence-electron chi connectivity index (χ2n) is 4.63. The van der Waals surface area contributed by atoms with Gasteiger partial charge in [-0.1, -0.05) is 27.7 Å². The standard InChI is InChI=1S/C14H20N2O.2C2H6.2FH/c1-16(2)8-4-5-11-10-15-14-7-6-12(17-3)9-13(11)14;2*1-2;;/h6-7,9-10,15H,4-5,8H2,1-3H3;2*1-2H3;2*1H. The lowest BCUT2D eigenvalue weighted by molar-refractivity contribution is 0.400. The second kappa shape index (κ2) is 15.3. The largest absolute Gasteiger partial charge is 0.497 e. The minimum Gasteiger partial charge on any atom is -0.497 e. The molecule has 0 aliphatic heterocycles. The minimum atomic E-state index is 0. The van der Waals surface area contributed by atoms with E-state index >= 15 is 0 Å². The van der Waals surface area contributed by atoms with E-state index in [4.69, 9.17) is 4.74 Å². The van der Waals surface area contributed by atoms with Gasteiger partial charge in [0.15, 0.2) is 0 Å². The van der Waals surface area contributed by atoms with E-state index in [0.717, 1.165) is 18.7 Å². The molecule has 1 aromatic carbocycles. The highest BCUT2D eigenvalue weighted by Crippen LogP contribution is 2.24. The first-order chi connectivity index (χ1) is 10.2. The van der Waals surface area contributed by atoms with Crippen molar-refractivity contribution >= 4 is 10.9 Å². The molecule has 2 rings (SSSR count). The van der Waals surface area contributed by atoms with Crippen LogP contribution in [-0.4, -0.2) is 37.6 Å². The molecule has 0 amide bonds. The fourth-order valence-electron chi connectivity index (χ4n) is 2.08. The average Bonchev–Trinajstić information content (AvgIpc) is 2.93. The smallest absolute Gasteiger partial charge is 0.119 e. The zero-order valence-corrected chi connectivity index (χ0v) is 15.6. The summed E-state index contributed by atoms with van der Waals surface area (Å²) in [5, 5.41) is 1.28. The van der Waals surface area contributed by atoms with Crippen molar-refractivity contribution in [2.75, 3.05) is 27.7 Å². The lowest BCUT2D eigenvalue weighted by atomic mass is 10.1. The topological polar surface area (TPSA) is 28.3 Å². The molecule has 0 atom stereocenters. The van der Waals surface area contributed by atoms with E-state index in [9.17, 15) is 0 Å². The number of aromatic amines is 1. The van der Waals surface area contributed by atoms with Gasteiger partial charge in [0.1, 0.15) is 5.75 Å². The van der Waals surface area contributed by atoms with Gasteiger partial charge in [0, 0.05) is 17.1 Å². The molecule has 23 heavy (non-hydrogen) atoms. The summed E-state index contributed by atoms with van der Waals surface area (Å²) in [6.45, 7) is 9.12. The minimum absolute atomic E-state index is 0. The van der Waals surface area contributed by atoms with Gasteiger partial charge in [-0.15, -0.1) is 0 Å². The van der Waals surface area contributed by atoms with E-state index in [2.05, 4.69) is 42.3 Å². The highest BCUT2D eigenvalue weighted by molar-refractivity contribution is 5.84. The third-order valence-electron chi connectivity index (χ3n) is 3.03. The summed E-state index contributed by atoms with van der Waals surface area (Å²) in [6.07, 6.45) is 4.39. The summed E-state index contributed by atoms with van der Waals surface area (Å²) < 4.78 is 5.27. The van der Waals surface area contributed by atoms with Gasteiger partial charge in [0.2, 0.25) is 0 Å². The predicted octanol–water partition coefficient (Wildman–Crippen LogP) is 5.03. The molecular weight excluding hydrogens is 298 g/mol. The molecule has 3 nitrogen and oxygen atoms in total. The van der Waals surface area contributed by atoms with Gasteiger partial charge in [-0.3, -0.25) is 9.41 Å². The highest BCUT2D eigenvalue weighted by atomic mass is 19.0. The van der Waals surface area contributed by atoms with Crippen molar-refractivity contribution in [3.05, 3.63) is 30.0 Å². The van der Waals surface area contributed by atoms with Crippen molar-refractivity contribution in [2.24, 2.45) is 0 Å². The van der Waals surface area contributed by atoms with E-state index in [-0.39, 0.29) is 9.41 Å². The van der Waals surface area contributed by atoms with Crippen LogP contribution in [-0.2, 0) is 6.42 Å². The van der Waals surface area contributed by atoms with Crippen LogP contribution in [0, 0.1) is 0 Å². The summed E-state index contributed by atoms with van der Waals surface area (Å²) in [6, 6.07) is 6.17. The van der Waals surface area contributed by atoms with Crippen LogP contribution in [0.15, 0.2) is 24.4 Å². The van der Waals surface area contributed by atoms with Crippen LogP contribution in [0.25, 0.3) is 10.9 Å². The molecule has 0 radical (unpaired) electrons. The number of rotatable bonds is 5. The number of nitrogens with zero attached hydrogens (tertiary/aromatic N) is 1. The molecule has 5 heteroatoms. The number of methoxy groups -OCH3 is 1. The fourth-order valence-corrected chi connectivity index (χ4v) is 2.08. The van der Waals surface area contributed by atoms with Gasteiger partial charge < -0.3 is 14.6 Å². The van der Waals surface area contributed by atoms with Crippen LogP contribution >= 0.6 is 0 Å². The zero-order valence-electron chi connectivity index (χ0n) is 15.6. The van der Waals surface area contributed by atoms with E-state index < -0.39 is 0 Å². The number of ether oxygens (including phenoxy) is 1. The average molecular weight is 332 g/mol. The van der Waals surface area contributed by atoms with Crippen LogP contribution in [0.5, 0.6) is 5.75 Å². The first-order valence-electron chi connectivity index (χ1n) is 7.99. The van der Waals surface area contributed by atoms with Crippen LogP contribution in [0.3, 0.4) is 0 Å². The maximum absolute atomic E-state index is 5.27. The third kappa shape index (κ3) is 8.55. The second-order valence-corrected chi connectivity index (χ2v) is 4.63. The molecule has 0 fully saturated rings. The molecule has 0 saturated heterocycles. The van der Waals surface area contributed by atoms with Crippen LogP contribution < -0.4 is 4.74 Å². The third-order valence-corrected chi connectivity index (χ3v) is 3.03. The molecule has 0 aliphatic rings. The molecule has 1 N–H and O–H groups in total. The number of halogens is 2.